The fraction of sp³-hybridized carbons (Fsp3) is 0.429. The van der Waals surface area contributed by atoms with Crippen molar-refractivity contribution in [2.24, 2.45) is 0 Å². The maximum Gasteiger partial charge on any atom is 0.326 e. The zero-order chi connectivity index (χ0) is 15.6. The minimum Gasteiger partial charge on any atom is -0.480 e. The predicted octanol–water partition coefficient (Wildman–Crippen LogP) is 1.52. The van der Waals surface area contributed by atoms with E-state index in [1.165, 1.54) is 9.80 Å². The first-order valence-corrected chi connectivity index (χ1v) is 7.35. The number of hydrogen-bond donors (Lipinski definition) is 2. The van der Waals surface area contributed by atoms with Crippen molar-refractivity contribution in [3.05, 3.63) is 34.3 Å². The summed E-state index contributed by atoms with van der Waals surface area (Å²) in [6.45, 7) is 0.426. The number of carbonyl (C=O) groups is 2. The highest BCUT2D eigenvalue weighted by molar-refractivity contribution is 9.10. The number of halogens is 1. The number of urea groups is 1. The van der Waals surface area contributed by atoms with E-state index in [1.807, 2.05) is 24.3 Å². The Morgan fingerprint density at radius 3 is 2.81 bits per heavy atom. The van der Waals surface area contributed by atoms with Gasteiger partial charge in [-0.3, -0.25) is 0 Å². The Kier molecular flexibility index (Phi) is 4.84. The first-order chi connectivity index (χ1) is 9.88. The molecule has 2 amide bonds. The van der Waals surface area contributed by atoms with Gasteiger partial charge in [0.05, 0.1) is 6.10 Å². The highest BCUT2D eigenvalue weighted by Gasteiger charge is 2.39. The van der Waals surface area contributed by atoms with Crippen LogP contribution in [0, 0.1) is 0 Å². The van der Waals surface area contributed by atoms with Crippen LogP contribution in [-0.4, -0.2) is 57.8 Å². The van der Waals surface area contributed by atoms with Gasteiger partial charge in [-0.05, 0) is 17.7 Å². The number of aliphatic carboxylic acids is 1. The monoisotopic (exact) mass is 356 g/mol. The van der Waals surface area contributed by atoms with Crippen molar-refractivity contribution in [1.82, 2.24) is 9.80 Å². The third-order valence-corrected chi connectivity index (χ3v) is 3.94. The molecule has 0 aromatic heterocycles. The molecule has 1 saturated heterocycles. The zero-order valence-electron chi connectivity index (χ0n) is 11.6. The molecule has 114 valence electrons. The lowest BCUT2D eigenvalue weighted by molar-refractivity contribution is -0.141. The molecule has 1 aliphatic heterocycles. The lowest BCUT2D eigenvalue weighted by atomic mass is 10.2. The summed E-state index contributed by atoms with van der Waals surface area (Å²) >= 11 is 3.37. The quantitative estimate of drug-likeness (QED) is 0.860. The van der Waals surface area contributed by atoms with Gasteiger partial charge < -0.3 is 20.0 Å². The fourth-order valence-electron chi connectivity index (χ4n) is 2.46. The lowest BCUT2D eigenvalue weighted by Crippen LogP contribution is -2.46. The Hall–Kier alpha value is -1.60. The minimum atomic E-state index is -1.09. The van der Waals surface area contributed by atoms with E-state index in [4.69, 9.17) is 5.11 Å². The molecule has 1 aromatic rings. The van der Waals surface area contributed by atoms with E-state index in [1.54, 1.807) is 7.05 Å². The van der Waals surface area contributed by atoms with Crippen molar-refractivity contribution in [2.45, 2.75) is 25.1 Å². The molecule has 6 nitrogen and oxygen atoms in total. The SMILES string of the molecule is CN(Cc1cccc(Br)c1)C(=O)N1CC(O)C[C@H]1C(=O)O. The van der Waals surface area contributed by atoms with Crippen LogP contribution in [0.3, 0.4) is 0 Å². The van der Waals surface area contributed by atoms with Gasteiger partial charge in [0, 0.05) is 31.0 Å². The number of likely N-dealkylation sites (tertiary alicyclic amines) is 1. The number of rotatable bonds is 3. The second-order valence-corrected chi connectivity index (χ2v) is 6.08. The van der Waals surface area contributed by atoms with Gasteiger partial charge in [-0.25, -0.2) is 9.59 Å². The van der Waals surface area contributed by atoms with Gasteiger partial charge in [-0.15, -0.1) is 0 Å². The second-order valence-electron chi connectivity index (χ2n) is 5.16. The fourth-order valence-corrected chi connectivity index (χ4v) is 2.90. The van der Waals surface area contributed by atoms with Crippen molar-refractivity contribution in [3.8, 4) is 0 Å². The average Bonchev–Trinajstić information content (AvgIpc) is 2.80. The summed E-state index contributed by atoms with van der Waals surface area (Å²) in [6.07, 6.45) is -0.708. The Bertz CT molecular complexity index is 552. The predicted molar refractivity (Wildman–Crippen MR) is 79.8 cm³/mol. The van der Waals surface area contributed by atoms with E-state index in [2.05, 4.69) is 15.9 Å². The molecule has 1 aromatic carbocycles. The van der Waals surface area contributed by atoms with Gasteiger partial charge in [0.2, 0.25) is 0 Å². The normalized spacial score (nSPS) is 21.4. The molecule has 2 atom stereocenters. The van der Waals surface area contributed by atoms with Gasteiger partial charge in [0.25, 0.3) is 0 Å². The number of aliphatic hydroxyl groups is 1. The molecule has 1 unspecified atom stereocenters. The number of amides is 2. The topological polar surface area (TPSA) is 81.1 Å². The van der Waals surface area contributed by atoms with Crippen LogP contribution in [0.1, 0.15) is 12.0 Å². The molecule has 7 heteroatoms. The summed E-state index contributed by atoms with van der Waals surface area (Å²) in [5, 5.41) is 18.7. The largest absolute Gasteiger partial charge is 0.480 e. The average molecular weight is 357 g/mol. The number of benzene rings is 1. The van der Waals surface area contributed by atoms with Crippen LogP contribution in [0.4, 0.5) is 4.79 Å². The Labute approximate surface area is 131 Å². The summed E-state index contributed by atoms with van der Waals surface area (Å²) < 4.78 is 0.917. The zero-order valence-corrected chi connectivity index (χ0v) is 13.2. The van der Waals surface area contributed by atoms with Crippen molar-refractivity contribution >= 4 is 27.9 Å². The van der Waals surface area contributed by atoms with Gasteiger partial charge in [0.15, 0.2) is 0 Å². The molecular weight excluding hydrogens is 340 g/mol. The molecular formula is C14H17BrN2O4. The van der Waals surface area contributed by atoms with Crippen LogP contribution in [0.15, 0.2) is 28.7 Å². The molecule has 2 rings (SSSR count). The number of carbonyl (C=O) groups excluding carboxylic acids is 1. The Morgan fingerprint density at radius 2 is 2.19 bits per heavy atom. The molecule has 0 radical (unpaired) electrons. The Balaban J connectivity index is 2.06. The molecule has 0 bridgehead atoms. The van der Waals surface area contributed by atoms with Gasteiger partial charge in [0.1, 0.15) is 6.04 Å². The van der Waals surface area contributed by atoms with Gasteiger partial charge in [-0.1, -0.05) is 28.1 Å². The van der Waals surface area contributed by atoms with E-state index in [9.17, 15) is 14.7 Å². The summed E-state index contributed by atoms with van der Waals surface area (Å²) in [4.78, 5) is 26.2. The number of aliphatic hydroxyl groups excluding tert-OH is 1. The van der Waals surface area contributed by atoms with Crippen LogP contribution in [0.25, 0.3) is 0 Å². The molecule has 2 N–H and O–H groups in total. The number of carboxylic acids is 1. The Morgan fingerprint density at radius 1 is 1.48 bits per heavy atom. The van der Waals surface area contributed by atoms with Crippen molar-refractivity contribution < 1.29 is 19.8 Å². The number of hydrogen-bond acceptors (Lipinski definition) is 3. The standard InChI is InChI=1S/C14H17BrN2O4/c1-16(7-9-3-2-4-10(15)5-9)14(21)17-8-11(18)6-12(17)13(19)20/h2-5,11-12,18H,6-8H2,1H3,(H,19,20)/t11?,12-/m0/s1. The third kappa shape index (κ3) is 3.74. The molecule has 1 fully saturated rings. The van der Waals surface area contributed by atoms with Crippen LogP contribution < -0.4 is 0 Å². The van der Waals surface area contributed by atoms with E-state index >= 15 is 0 Å². The third-order valence-electron chi connectivity index (χ3n) is 3.45. The molecule has 1 aliphatic rings. The number of carboxylic acid groups (broad SMARTS) is 1. The van der Waals surface area contributed by atoms with Crippen molar-refractivity contribution in [3.63, 3.8) is 0 Å². The van der Waals surface area contributed by atoms with Gasteiger partial charge >= 0.3 is 12.0 Å². The summed E-state index contributed by atoms with van der Waals surface area (Å²) in [5.41, 5.74) is 0.937. The van der Waals surface area contributed by atoms with Crippen molar-refractivity contribution in [2.75, 3.05) is 13.6 Å². The summed E-state index contributed by atoms with van der Waals surface area (Å²) in [5.74, 6) is -1.09. The molecule has 1 heterocycles. The summed E-state index contributed by atoms with van der Waals surface area (Å²) in [6, 6.07) is 6.20. The van der Waals surface area contributed by atoms with Crippen LogP contribution in [0.5, 0.6) is 0 Å². The molecule has 0 saturated carbocycles. The molecule has 0 spiro atoms. The molecule has 21 heavy (non-hydrogen) atoms. The molecule has 0 aliphatic carbocycles. The maximum absolute atomic E-state index is 12.4. The smallest absolute Gasteiger partial charge is 0.326 e. The van der Waals surface area contributed by atoms with Crippen LogP contribution >= 0.6 is 15.9 Å². The van der Waals surface area contributed by atoms with E-state index < -0.39 is 18.1 Å². The van der Waals surface area contributed by atoms with E-state index in [0.717, 1.165) is 10.0 Å². The van der Waals surface area contributed by atoms with Crippen LogP contribution in [0.2, 0.25) is 0 Å². The lowest BCUT2D eigenvalue weighted by Gasteiger charge is -2.27. The summed E-state index contributed by atoms with van der Waals surface area (Å²) in [7, 11) is 1.62. The first-order valence-electron chi connectivity index (χ1n) is 6.55. The second kappa shape index (κ2) is 6.44. The highest BCUT2D eigenvalue weighted by Crippen LogP contribution is 2.21. The van der Waals surface area contributed by atoms with Crippen LogP contribution in [-0.2, 0) is 11.3 Å². The number of β-amino-alcohol motifs (C(OH)–C–C–N with tert-alkyl or cyclic N) is 1. The number of nitrogens with zero attached hydrogens (tertiary/aromatic N) is 2. The van der Waals surface area contributed by atoms with E-state index in [0.29, 0.717) is 6.54 Å². The first kappa shape index (κ1) is 15.8. The highest BCUT2D eigenvalue weighted by atomic mass is 79.9. The van der Waals surface area contributed by atoms with E-state index in [-0.39, 0.29) is 19.0 Å². The minimum absolute atomic E-state index is 0.0542. The maximum atomic E-state index is 12.4. The van der Waals surface area contributed by atoms with Gasteiger partial charge in [-0.2, -0.15) is 0 Å². The van der Waals surface area contributed by atoms with Crippen molar-refractivity contribution in [1.29, 1.82) is 0 Å².